The fraction of sp³-hybridized carbons (Fsp3) is 0.394. The van der Waals surface area contributed by atoms with E-state index in [1.165, 1.54) is 0 Å². The summed E-state index contributed by atoms with van der Waals surface area (Å²) in [4.78, 5) is 45.0. The summed E-state index contributed by atoms with van der Waals surface area (Å²) in [6.07, 6.45) is 5.82. The van der Waals surface area contributed by atoms with E-state index in [4.69, 9.17) is 4.74 Å². The predicted octanol–water partition coefficient (Wildman–Crippen LogP) is 6.41. The molecule has 0 atom stereocenters. The maximum absolute atomic E-state index is 13.4. The average Bonchev–Trinajstić information content (AvgIpc) is 3.73. The highest BCUT2D eigenvalue weighted by atomic mass is 16.5. The minimum Gasteiger partial charge on any atom is -0.466 e. The topological polar surface area (TPSA) is 76.6 Å². The lowest BCUT2D eigenvalue weighted by molar-refractivity contribution is -0.142. The number of carbonyl (C=O) groups is 3. The molecule has 0 spiro atoms. The molecule has 0 aliphatic heterocycles. The third-order valence-electron chi connectivity index (χ3n) is 6.69. The molecule has 2 aromatic carbocycles. The summed E-state index contributed by atoms with van der Waals surface area (Å²) in [5.41, 5.74) is 4.92. The van der Waals surface area contributed by atoms with Gasteiger partial charge in [-0.15, -0.1) is 0 Å². The van der Waals surface area contributed by atoms with Gasteiger partial charge in [-0.05, 0) is 59.6 Å². The molecule has 3 aromatic rings. The lowest BCUT2D eigenvalue weighted by Gasteiger charge is -2.25. The van der Waals surface area contributed by atoms with Crippen molar-refractivity contribution in [2.45, 2.75) is 66.5 Å². The monoisotopic (exact) mass is 526 g/mol. The molecule has 6 nitrogen and oxygen atoms in total. The molecule has 1 aliphatic rings. The number of Topliss-reactive ketones (excluding diaryl/α,β-unsaturated/α-hetero) is 1. The van der Waals surface area contributed by atoms with Crippen molar-refractivity contribution < 1.29 is 19.1 Å². The maximum atomic E-state index is 13.4. The van der Waals surface area contributed by atoms with Gasteiger partial charge in [-0.1, -0.05) is 63.2 Å². The van der Waals surface area contributed by atoms with Crippen LogP contribution in [0.5, 0.6) is 0 Å². The van der Waals surface area contributed by atoms with E-state index in [9.17, 15) is 14.4 Å². The number of hydrogen-bond acceptors (Lipinski definition) is 5. The maximum Gasteiger partial charge on any atom is 0.310 e. The van der Waals surface area contributed by atoms with Crippen molar-refractivity contribution in [2.24, 2.45) is 11.3 Å². The van der Waals surface area contributed by atoms with Crippen LogP contribution in [0.4, 0.5) is 0 Å². The van der Waals surface area contributed by atoms with Gasteiger partial charge < -0.3 is 9.64 Å². The molecule has 1 aromatic heterocycles. The van der Waals surface area contributed by atoms with E-state index in [0.717, 1.165) is 40.7 Å². The van der Waals surface area contributed by atoms with Crippen molar-refractivity contribution in [3.05, 3.63) is 89.2 Å². The molecule has 204 valence electrons. The Bertz CT molecular complexity index is 1320. The molecule has 1 heterocycles. The van der Waals surface area contributed by atoms with Crippen LogP contribution < -0.4 is 0 Å². The average molecular weight is 527 g/mol. The Morgan fingerprint density at radius 1 is 0.949 bits per heavy atom. The first kappa shape index (κ1) is 28.2. The molecule has 0 bridgehead atoms. The van der Waals surface area contributed by atoms with Crippen molar-refractivity contribution in [3.8, 4) is 11.1 Å². The van der Waals surface area contributed by atoms with Crippen LogP contribution in [0.3, 0.4) is 0 Å². The Balaban J connectivity index is 1.72. The number of ether oxygens (including phenoxy) is 1. The van der Waals surface area contributed by atoms with E-state index in [-0.39, 0.29) is 35.4 Å². The Hall–Kier alpha value is -3.80. The molecule has 0 radical (unpaired) electrons. The zero-order chi connectivity index (χ0) is 28.0. The Morgan fingerprint density at radius 2 is 1.69 bits per heavy atom. The Kier molecular flexibility index (Phi) is 8.95. The summed E-state index contributed by atoms with van der Waals surface area (Å²) in [5.74, 6) is -0.0145. The molecule has 6 heteroatoms. The smallest absolute Gasteiger partial charge is 0.310 e. The van der Waals surface area contributed by atoms with E-state index in [0.29, 0.717) is 31.7 Å². The van der Waals surface area contributed by atoms with Gasteiger partial charge in [-0.25, -0.2) is 0 Å². The van der Waals surface area contributed by atoms with E-state index in [1.807, 2.05) is 59.5 Å². The van der Waals surface area contributed by atoms with Crippen molar-refractivity contribution in [1.29, 1.82) is 0 Å². The second kappa shape index (κ2) is 12.4. The van der Waals surface area contributed by atoms with Gasteiger partial charge in [0.2, 0.25) is 5.91 Å². The molecule has 0 saturated heterocycles. The summed E-state index contributed by atoms with van der Waals surface area (Å²) < 4.78 is 5.11. The number of amides is 1. The van der Waals surface area contributed by atoms with Gasteiger partial charge in [-0.2, -0.15) is 0 Å². The van der Waals surface area contributed by atoms with Crippen molar-refractivity contribution in [1.82, 2.24) is 9.88 Å². The molecular weight excluding hydrogens is 488 g/mol. The van der Waals surface area contributed by atoms with Crippen LogP contribution in [0.1, 0.15) is 74.0 Å². The number of ketones is 1. The first-order valence-electron chi connectivity index (χ1n) is 13.7. The highest BCUT2D eigenvalue weighted by molar-refractivity contribution is 5.97. The van der Waals surface area contributed by atoms with Crippen LogP contribution in [0, 0.1) is 11.3 Å². The van der Waals surface area contributed by atoms with Crippen LogP contribution in [0.25, 0.3) is 11.1 Å². The third-order valence-corrected chi connectivity index (χ3v) is 6.69. The van der Waals surface area contributed by atoms with Gasteiger partial charge in [0.15, 0.2) is 5.78 Å². The summed E-state index contributed by atoms with van der Waals surface area (Å²) in [5, 5.41) is 0. The number of esters is 1. The first-order chi connectivity index (χ1) is 18.6. The van der Waals surface area contributed by atoms with E-state index >= 15 is 0 Å². The number of aromatic nitrogens is 1. The van der Waals surface area contributed by atoms with Gasteiger partial charge in [-0.3, -0.25) is 19.4 Å². The van der Waals surface area contributed by atoms with E-state index in [2.05, 4.69) is 25.8 Å². The highest BCUT2D eigenvalue weighted by Crippen LogP contribution is 2.34. The molecule has 0 unspecified atom stereocenters. The predicted molar refractivity (Wildman–Crippen MR) is 152 cm³/mol. The lowest BCUT2D eigenvalue weighted by Crippen LogP contribution is -2.31. The SMILES string of the molecule is CCOC(=O)Cc1cncc(-c2ccc(C(=O)CC(C)(C)C)cc2CN(Cc2ccccc2)C(=O)C2CC2)c1. The fourth-order valence-electron chi connectivity index (χ4n) is 4.68. The number of pyridine rings is 1. The van der Waals surface area contributed by atoms with Gasteiger partial charge in [0, 0.05) is 48.9 Å². The van der Waals surface area contributed by atoms with Crippen LogP contribution in [0.2, 0.25) is 0 Å². The Labute approximate surface area is 231 Å². The van der Waals surface area contributed by atoms with Crippen LogP contribution in [-0.4, -0.2) is 34.2 Å². The minimum absolute atomic E-state index is 0.0671. The molecule has 1 fully saturated rings. The van der Waals surface area contributed by atoms with Crippen LogP contribution in [-0.2, 0) is 33.8 Å². The molecule has 1 aliphatic carbocycles. The van der Waals surface area contributed by atoms with Gasteiger partial charge in [0.25, 0.3) is 0 Å². The number of hydrogen-bond donors (Lipinski definition) is 0. The summed E-state index contributed by atoms with van der Waals surface area (Å²) in [7, 11) is 0. The molecule has 1 amide bonds. The highest BCUT2D eigenvalue weighted by Gasteiger charge is 2.34. The summed E-state index contributed by atoms with van der Waals surface area (Å²) in [6.45, 7) is 9.14. The van der Waals surface area contributed by atoms with Crippen LogP contribution >= 0.6 is 0 Å². The normalized spacial score (nSPS) is 13.1. The van der Waals surface area contributed by atoms with E-state index < -0.39 is 0 Å². The van der Waals surface area contributed by atoms with Gasteiger partial charge >= 0.3 is 5.97 Å². The number of carbonyl (C=O) groups excluding carboxylic acids is 3. The number of benzene rings is 2. The number of nitrogens with zero attached hydrogens (tertiary/aromatic N) is 2. The fourth-order valence-corrected chi connectivity index (χ4v) is 4.68. The molecular formula is C33H38N2O4. The van der Waals surface area contributed by atoms with Crippen molar-refractivity contribution in [3.63, 3.8) is 0 Å². The second-order valence-electron chi connectivity index (χ2n) is 11.6. The number of rotatable bonds is 11. The zero-order valence-corrected chi connectivity index (χ0v) is 23.4. The molecule has 0 N–H and O–H groups in total. The quantitative estimate of drug-likeness (QED) is 0.213. The standard InChI is InChI=1S/C33H38N2O4/c1-5-39-31(37)16-24-15-27(20-34-19-24)29-14-13-26(30(36)18-33(2,3)4)17-28(29)22-35(32(38)25-11-12-25)21-23-9-7-6-8-10-23/h6-10,13-15,17,19-20,25H,5,11-12,16,18,21-22H2,1-4H3. The second-order valence-corrected chi connectivity index (χ2v) is 11.6. The van der Waals surface area contributed by atoms with Crippen LogP contribution in [0.15, 0.2) is 67.0 Å². The third kappa shape index (κ3) is 8.09. The largest absolute Gasteiger partial charge is 0.466 e. The lowest BCUT2D eigenvalue weighted by atomic mass is 9.86. The minimum atomic E-state index is -0.302. The first-order valence-corrected chi connectivity index (χ1v) is 13.7. The molecule has 39 heavy (non-hydrogen) atoms. The van der Waals surface area contributed by atoms with E-state index in [1.54, 1.807) is 19.3 Å². The van der Waals surface area contributed by atoms with Crippen molar-refractivity contribution in [2.75, 3.05) is 6.61 Å². The van der Waals surface area contributed by atoms with Crippen molar-refractivity contribution >= 4 is 17.7 Å². The Morgan fingerprint density at radius 3 is 2.36 bits per heavy atom. The zero-order valence-electron chi connectivity index (χ0n) is 23.4. The van der Waals surface area contributed by atoms with Gasteiger partial charge in [0.1, 0.15) is 0 Å². The molecule has 4 rings (SSSR count). The molecule has 1 saturated carbocycles. The summed E-state index contributed by atoms with van der Waals surface area (Å²) in [6, 6.07) is 17.6. The van der Waals surface area contributed by atoms with Gasteiger partial charge in [0.05, 0.1) is 13.0 Å². The summed E-state index contributed by atoms with van der Waals surface area (Å²) >= 11 is 0.